The first-order valence-electron chi connectivity index (χ1n) is 12.7. The highest BCUT2D eigenvalue weighted by Gasteiger charge is 2.29. The van der Waals surface area contributed by atoms with E-state index in [2.05, 4.69) is 53.6 Å². The first kappa shape index (κ1) is 26.6. The number of carbonyl (C=O) groups is 1. The maximum absolute atomic E-state index is 12.9. The maximum atomic E-state index is 12.9. The summed E-state index contributed by atoms with van der Waals surface area (Å²) in [6.07, 6.45) is 4.99. The van der Waals surface area contributed by atoms with Gasteiger partial charge in [0.2, 0.25) is 5.91 Å². The van der Waals surface area contributed by atoms with E-state index in [0.29, 0.717) is 12.8 Å². The van der Waals surface area contributed by atoms with Crippen molar-refractivity contribution in [2.24, 2.45) is 0 Å². The van der Waals surface area contributed by atoms with Crippen LogP contribution in [0.25, 0.3) is 12.2 Å². The molecule has 0 heterocycles. The van der Waals surface area contributed by atoms with Crippen molar-refractivity contribution in [3.8, 4) is 11.5 Å². The number of hydrogen-bond donors (Lipinski definition) is 3. The van der Waals surface area contributed by atoms with Crippen molar-refractivity contribution in [1.29, 1.82) is 0 Å². The van der Waals surface area contributed by atoms with Crippen LogP contribution in [-0.4, -0.2) is 30.2 Å². The van der Waals surface area contributed by atoms with E-state index in [0.717, 1.165) is 33.6 Å². The minimum absolute atomic E-state index is 0.0712. The standard InChI is InChI=1S/C33H34N2O3/c1-33(26-10-18-30(36)19-11-26,27-12-20-31(37)21-13-27)23-22-32(38)34-28-14-6-24(7-15-28)4-5-25-8-16-29(17-9-25)35(2)3/h4-21,36-37H,22-23H2,1-3H3,(H,34,38). The second kappa shape index (κ2) is 11.7. The van der Waals surface area contributed by atoms with Crippen molar-refractivity contribution in [3.63, 3.8) is 0 Å². The largest absolute Gasteiger partial charge is 0.508 e. The van der Waals surface area contributed by atoms with Crippen molar-refractivity contribution < 1.29 is 15.0 Å². The average Bonchev–Trinajstić information content (AvgIpc) is 2.92. The quantitative estimate of drug-likeness (QED) is 0.213. The number of nitrogens with one attached hydrogen (secondary N) is 1. The lowest BCUT2D eigenvalue weighted by molar-refractivity contribution is -0.116. The monoisotopic (exact) mass is 506 g/mol. The SMILES string of the molecule is CN(C)c1ccc(C=Cc2ccc(NC(=O)CCC(C)(c3ccc(O)cc3)c3ccc(O)cc3)cc2)cc1. The van der Waals surface area contributed by atoms with Crippen LogP contribution in [0.3, 0.4) is 0 Å². The van der Waals surface area contributed by atoms with Gasteiger partial charge in [-0.15, -0.1) is 0 Å². The third-order valence-electron chi connectivity index (χ3n) is 6.93. The molecule has 5 heteroatoms. The number of rotatable bonds is 9. The summed E-state index contributed by atoms with van der Waals surface area (Å²) in [5, 5.41) is 22.5. The average molecular weight is 507 g/mol. The molecule has 38 heavy (non-hydrogen) atoms. The molecule has 4 aromatic carbocycles. The van der Waals surface area contributed by atoms with Gasteiger partial charge in [-0.2, -0.15) is 0 Å². The highest BCUT2D eigenvalue weighted by molar-refractivity contribution is 5.91. The van der Waals surface area contributed by atoms with Crippen LogP contribution in [0, 0.1) is 0 Å². The zero-order chi connectivity index (χ0) is 27.1. The minimum Gasteiger partial charge on any atom is -0.508 e. The van der Waals surface area contributed by atoms with E-state index in [4.69, 9.17) is 0 Å². The van der Waals surface area contributed by atoms with Crippen molar-refractivity contribution >= 4 is 29.4 Å². The van der Waals surface area contributed by atoms with Gasteiger partial charge >= 0.3 is 0 Å². The molecule has 4 rings (SSSR count). The Morgan fingerprint density at radius 2 is 1.18 bits per heavy atom. The second-order valence-corrected chi connectivity index (χ2v) is 9.92. The molecule has 0 saturated heterocycles. The van der Waals surface area contributed by atoms with Gasteiger partial charge in [0.05, 0.1) is 0 Å². The van der Waals surface area contributed by atoms with E-state index in [1.165, 1.54) is 0 Å². The van der Waals surface area contributed by atoms with E-state index >= 15 is 0 Å². The van der Waals surface area contributed by atoms with Gasteiger partial charge in [0.1, 0.15) is 11.5 Å². The number of nitrogens with zero attached hydrogens (tertiary/aromatic N) is 1. The summed E-state index contributed by atoms with van der Waals surface area (Å²) in [6.45, 7) is 2.08. The molecule has 0 aliphatic heterocycles. The number of anilines is 2. The third kappa shape index (κ3) is 6.62. The molecule has 0 aromatic heterocycles. The fraction of sp³-hybridized carbons (Fsp3) is 0.182. The highest BCUT2D eigenvalue weighted by atomic mass is 16.3. The van der Waals surface area contributed by atoms with Gasteiger partial charge in [0, 0.05) is 37.3 Å². The van der Waals surface area contributed by atoms with Crippen molar-refractivity contribution in [1.82, 2.24) is 0 Å². The fourth-order valence-corrected chi connectivity index (χ4v) is 4.45. The molecule has 1 amide bonds. The zero-order valence-electron chi connectivity index (χ0n) is 22.1. The summed E-state index contributed by atoms with van der Waals surface area (Å²) in [6, 6.07) is 30.3. The molecule has 5 nitrogen and oxygen atoms in total. The summed E-state index contributed by atoms with van der Waals surface area (Å²) in [7, 11) is 4.05. The van der Waals surface area contributed by atoms with Crippen molar-refractivity contribution in [3.05, 3.63) is 119 Å². The predicted molar refractivity (Wildman–Crippen MR) is 157 cm³/mol. The van der Waals surface area contributed by atoms with Crippen LogP contribution in [0.2, 0.25) is 0 Å². The topological polar surface area (TPSA) is 72.8 Å². The van der Waals surface area contributed by atoms with Gasteiger partial charge in [-0.25, -0.2) is 0 Å². The predicted octanol–water partition coefficient (Wildman–Crippen LogP) is 7.06. The summed E-state index contributed by atoms with van der Waals surface area (Å²) >= 11 is 0. The van der Waals surface area contributed by atoms with E-state index in [1.54, 1.807) is 24.3 Å². The Labute approximate surface area is 224 Å². The zero-order valence-corrected chi connectivity index (χ0v) is 22.1. The van der Waals surface area contributed by atoms with E-state index < -0.39 is 5.41 Å². The number of amides is 1. The second-order valence-electron chi connectivity index (χ2n) is 9.92. The lowest BCUT2D eigenvalue weighted by Gasteiger charge is -2.31. The number of phenolic OH excluding ortho intramolecular Hbond substituents is 2. The fourth-order valence-electron chi connectivity index (χ4n) is 4.45. The van der Waals surface area contributed by atoms with Gasteiger partial charge < -0.3 is 20.4 Å². The van der Waals surface area contributed by atoms with Gasteiger partial charge in [-0.3, -0.25) is 4.79 Å². The van der Waals surface area contributed by atoms with E-state index in [1.807, 2.05) is 62.6 Å². The molecule has 0 bridgehead atoms. The van der Waals surface area contributed by atoms with Crippen LogP contribution in [0.1, 0.15) is 42.0 Å². The molecule has 0 unspecified atom stereocenters. The molecule has 0 spiro atoms. The van der Waals surface area contributed by atoms with Crippen LogP contribution in [0.15, 0.2) is 97.1 Å². The summed E-state index contributed by atoms with van der Waals surface area (Å²) in [5.74, 6) is 0.318. The normalized spacial score (nSPS) is 11.4. The molecule has 0 atom stereocenters. The molecule has 0 aliphatic carbocycles. The minimum atomic E-state index is -0.474. The first-order chi connectivity index (χ1) is 18.2. The lowest BCUT2D eigenvalue weighted by Crippen LogP contribution is -2.26. The van der Waals surface area contributed by atoms with Gasteiger partial charge in [0.15, 0.2) is 0 Å². The molecular weight excluding hydrogens is 472 g/mol. The molecule has 3 N–H and O–H groups in total. The third-order valence-corrected chi connectivity index (χ3v) is 6.93. The number of aromatic hydroxyl groups is 2. The van der Waals surface area contributed by atoms with Crippen LogP contribution in [0.5, 0.6) is 11.5 Å². The van der Waals surface area contributed by atoms with Crippen molar-refractivity contribution in [2.75, 3.05) is 24.3 Å². The Kier molecular flexibility index (Phi) is 8.17. The molecule has 194 valence electrons. The molecule has 4 aromatic rings. The van der Waals surface area contributed by atoms with Crippen LogP contribution in [-0.2, 0) is 10.2 Å². The molecule has 0 radical (unpaired) electrons. The Morgan fingerprint density at radius 1 is 0.737 bits per heavy atom. The van der Waals surface area contributed by atoms with Crippen molar-refractivity contribution in [2.45, 2.75) is 25.2 Å². The van der Waals surface area contributed by atoms with Gasteiger partial charge in [-0.05, 0) is 77.2 Å². The molecular formula is C33H34N2O3. The Hall–Kier alpha value is -4.51. The Balaban J connectivity index is 1.40. The van der Waals surface area contributed by atoms with E-state index in [-0.39, 0.29) is 17.4 Å². The lowest BCUT2D eigenvalue weighted by atomic mass is 9.73. The number of benzene rings is 4. The number of hydrogen-bond acceptors (Lipinski definition) is 4. The highest BCUT2D eigenvalue weighted by Crippen LogP contribution is 2.38. The Morgan fingerprint density at radius 3 is 1.63 bits per heavy atom. The van der Waals surface area contributed by atoms with Gasteiger partial charge in [-0.1, -0.05) is 67.6 Å². The summed E-state index contributed by atoms with van der Waals surface area (Å²) in [5.41, 5.74) is 5.58. The maximum Gasteiger partial charge on any atom is 0.224 e. The number of carbonyl (C=O) groups excluding carboxylic acids is 1. The molecule has 0 aliphatic rings. The van der Waals surface area contributed by atoms with Crippen LogP contribution in [0.4, 0.5) is 11.4 Å². The van der Waals surface area contributed by atoms with Gasteiger partial charge in [0.25, 0.3) is 0 Å². The number of phenols is 2. The smallest absolute Gasteiger partial charge is 0.224 e. The first-order valence-corrected chi connectivity index (χ1v) is 12.7. The Bertz CT molecular complexity index is 1330. The van der Waals surface area contributed by atoms with Crippen LogP contribution < -0.4 is 10.2 Å². The molecule has 0 fully saturated rings. The molecule has 0 saturated carbocycles. The summed E-state index contributed by atoms with van der Waals surface area (Å²) < 4.78 is 0. The van der Waals surface area contributed by atoms with E-state index in [9.17, 15) is 15.0 Å². The van der Waals surface area contributed by atoms with Crippen LogP contribution >= 0.6 is 0 Å². The summed E-state index contributed by atoms with van der Waals surface area (Å²) in [4.78, 5) is 15.0.